The van der Waals surface area contributed by atoms with Gasteiger partial charge in [-0.15, -0.1) is 11.6 Å². The zero-order chi connectivity index (χ0) is 6.57. The summed E-state index contributed by atoms with van der Waals surface area (Å²) in [5, 5.41) is 7.07. The second-order valence-electron chi connectivity index (χ2n) is 1.10. The highest BCUT2D eigenvalue weighted by atomic mass is 35.5. The maximum absolute atomic E-state index is 9.84. The van der Waals surface area contributed by atoms with Gasteiger partial charge in [-0.05, 0) is 12.9 Å². The molecule has 0 radical (unpaired) electrons. The van der Waals surface area contributed by atoms with Gasteiger partial charge in [0.15, 0.2) is 5.38 Å². The zero-order valence-electron chi connectivity index (χ0n) is 3.87. The summed E-state index contributed by atoms with van der Waals surface area (Å²) >= 11 is 8.45. The Morgan fingerprint density at radius 2 is 2.50 bits per heavy atom. The first kappa shape index (κ1) is 8.07. The number of halogens is 1. The normalized spacial score (nSPS) is 13.2. The third-order valence-corrected chi connectivity index (χ3v) is 0.951. The summed E-state index contributed by atoms with van der Waals surface area (Å²) in [4.78, 5) is 9.84. The lowest BCUT2D eigenvalue weighted by Gasteiger charge is -1.97. The van der Waals surface area contributed by atoms with E-state index < -0.39 is 11.3 Å². The van der Waals surface area contributed by atoms with E-state index in [0.29, 0.717) is 0 Å². The molecule has 0 saturated heterocycles. The predicted octanol–water partition coefficient (Wildman–Crippen LogP) is 0.540. The van der Waals surface area contributed by atoms with Gasteiger partial charge in [0.25, 0.3) is 0 Å². The van der Waals surface area contributed by atoms with Gasteiger partial charge in [-0.25, -0.2) is 0 Å². The monoisotopic (exact) mass is 156 g/mol. The predicted molar refractivity (Wildman–Crippen MR) is 32.2 cm³/mol. The summed E-state index contributed by atoms with van der Waals surface area (Å²) < 4.78 is 4.15. The molecule has 0 bridgehead atoms. The number of carboxylic acid groups (broad SMARTS) is 1. The van der Waals surface area contributed by atoms with E-state index in [0.717, 1.165) is 0 Å². The first-order chi connectivity index (χ1) is 3.68. The van der Waals surface area contributed by atoms with E-state index in [2.05, 4.69) is 17.1 Å². The van der Waals surface area contributed by atoms with Gasteiger partial charge >= 0.3 is 5.97 Å². The Balaban J connectivity index is 3.32. The minimum absolute atomic E-state index is 0.0833. The number of thiol groups is 1. The first-order valence-electron chi connectivity index (χ1n) is 1.81. The van der Waals surface area contributed by atoms with Gasteiger partial charge < -0.3 is 9.29 Å². The van der Waals surface area contributed by atoms with Gasteiger partial charge in [-0.2, -0.15) is 0 Å². The molecule has 0 aliphatic rings. The number of carbonyl (C=O) groups is 1. The van der Waals surface area contributed by atoms with E-state index in [9.17, 15) is 4.79 Å². The van der Waals surface area contributed by atoms with Gasteiger partial charge in [-0.1, -0.05) is 0 Å². The van der Waals surface area contributed by atoms with E-state index >= 15 is 0 Å². The first-order valence-corrected chi connectivity index (χ1v) is 2.62. The summed E-state index contributed by atoms with van der Waals surface area (Å²) in [7, 11) is 0. The molecule has 0 aromatic rings. The average molecular weight is 157 g/mol. The average Bonchev–Trinajstić information content (AvgIpc) is 1.67. The third kappa shape index (κ3) is 3.12. The van der Waals surface area contributed by atoms with E-state index in [1.165, 1.54) is 0 Å². The molecule has 1 N–H and O–H groups in total. The Bertz CT molecular complexity index is 86.6. The molecule has 0 aromatic carbocycles. The van der Waals surface area contributed by atoms with E-state index in [4.69, 9.17) is 16.7 Å². The molecule has 0 aliphatic heterocycles. The van der Waals surface area contributed by atoms with Crippen molar-refractivity contribution < 1.29 is 14.1 Å². The zero-order valence-corrected chi connectivity index (χ0v) is 5.52. The lowest BCUT2D eigenvalue weighted by Crippen LogP contribution is -2.17. The number of hydrogen-bond donors (Lipinski definition) is 2. The standard InChI is InChI=1S/C3H5ClO3S/c4-2(1-7-8)3(5)6/h2,8H,1H2,(H,5,6). The molecule has 0 saturated carbocycles. The molecule has 0 fully saturated rings. The fraction of sp³-hybridized carbons (Fsp3) is 0.667. The summed E-state index contributed by atoms with van der Waals surface area (Å²) in [5.41, 5.74) is 0. The van der Waals surface area contributed by atoms with Crippen molar-refractivity contribution in [3.63, 3.8) is 0 Å². The van der Waals surface area contributed by atoms with Crippen LogP contribution in [0.4, 0.5) is 0 Å². The second-order valence-corrected chi connectivity index (χ2v) is 1.89. The maximum atomic E-state index is 9.84. The topological polar surface area (TPSA) is 46.5 Å². The second kappa shape index (κ2) is 4.00. The molecule has 0 amide bonds. The van der Waals surface area contributed by atoms with Crippen LogP contribution in [0.5, 0.6) is 0 Å². The van der Waals surface area contributed by atoms with Gasteiger partial charge in [0.05, 0.1) is 6.61 Å². The van der Waals surface area contributed by atoms with Crippen LogP contribution in [0.25, 0.3) is 0 Å². The molecule has 0 aromatic heterocycles. The minimum Gasteiger partial charge on any atom is -0.480 e. The lowest BCUT2D eigenvalue weighted by molar-refractivity contribution is -0.137. The Kier molecular flexibility index (Phi) is 4.03. The smallest absolute Gasteiger partial charge is 0.324 e. The Labute approximate surface area is 57.2 Å². The maximum Gasteiger partial charge on any atom is 0.324 e. The van der Waals surface area contributed by atoms with Crippen LogP contribution < -0.4 is 0 Å². The highest BCUT2D eigenvalue weighted by Gasteiger charge is 2.11. The van der Waals surface area contributed by atoms with Crippen LogP contribution in [-0.4, -0.2) is 23.1 Å². The van der Waals surface area contributed by atoms with Gasteiger partial charge in [0.1, 0.15) is 0 Å². The van der Waals surface area contributed by atoms with E-state index in [-0.39, 0.29) is 6.61 Å². The summed E-state index contributed by atoms with van der Waals surface area (Å²) in [5.74, 6) is -1.10. The Hall–Kier alpha value is 0.0700. The van der Waals surface area contributed by atoms with Crippen LogP contribution in [-0.2, 0) is 8.98 Å². The molecule has 0 aliphatic carbocycles. The molecular formula is C3H5ClO3S. The van der Waals surface area contributed by atoms with Crippen LogP contribution in [0, 0.1) is 0 Å². The third-order valence-electron chi connectivity index (χ3n) is 0.489. The Morgan fingerprint density at radius 3 is 2.62 bits per heavy atom. The quantitative estimate of drug-likeness (QED) is 0.356. The number of hydrogen-bond acceptors (Lipinski definition) is 3. The molecule has 1 unspecified atom stereocenters. The van der Waals surface area contributed by atoms with Crippen molar-refractivity contribution >= 4 is 30.5 Å². The highest BCUT2D eigenvalue weighted by Crippen LogP contribution is 1.96. The van der Waals surface area contributed by atoms with Crippen LogP contribution in [0.3, 0.4) is 0 Å². The number of carboxylic acids is 1. The van der Waals surface area contributed by atoms with Crippen LogP contribution in [0.1, 0.15) is 0 Å². The fourth-order valence-corrected chi connectivity index (χ4v) is 0.437. The fourth-order valence-electron chi connectivity index (χ4n) is 0.137. The molecule has 0 rings (SSSR count). The highest BCUT2D eigenvalue weighted by molar-refractivity contribution is 7.75. The number of rotatable bonds is 3. The molecule has 1 atom stereocenters. The van der Waals surface area contributed by atoms with E-state index in [1.807, 2.05) is 0 Å². The largest absolute Gasteiger partial charge is 0.480 e. The summed E-state index contributed by atoms with van der Waals surface area (Å²) in [6.07, 6.45) is 0. The molecule has 48 valence electrons. The van der Waals surface area contributed by atoms with Crippen LogP contribution in [0.2, 0.25) is 0 Å². The van der Waals surface area contributed by atoms with Crippen LogP contribution in [0.15, 0.2) is 0 Å². The van der Waals surface area contributed by atoms with Crippen molar-refractivity contribution in [1.82, 2.24) is 0 Å². The van der Waals surface area contributed by atoms with Crippen molar-refractivity contribution in [2.24, 2.45) is 0 Å². The minimum atomic E-state index is -1.10. The molecular weight excluding hydrogens is 152 g/mol. The molecule has 8 heavy (non-hydrogen) atoms. The number of aliphatic carboxylic acids is 1. The van der Waals surface area contributed by atoms with Crippen molar-refractivity contribution in [1.29, 1.82) is 0 Å². The van der Waals surface area contributed by atoms with Crippen molar-refractivity contribution in [3.05, 3.63) is 0 Å². The number of alkyl halides is 1. The Morgan fingerprint density at radius 1 is 2.00 bits per heavy atom. The van der Waals surface area contributed by atoms with E-state index in [1.54, 1.807) is 0 Å². The van der Waals surface area contributed by atoms with Gasteiger partial charge in [0, 0.05) is 0 Å². The molecule has 0 heterocycles. The molecule has 0 spiro atoms. The van der Waals surface area contributed by atoms with Crippen molar-refractivity contribution in [3.8, 4) is 0 Å². The van der Waals surface area contributed by atoms with Gasteiger partial charge in [-0.3, -0.25) is 4.79 Å². The lowest BCUT2D eigenvalue weighted by atomic mass is 10.5. The summed E-state index contributed by atoms with van der Waals surface area (Å²) in [6, 6.07) is 0. The van der Waals surface area contributed by atoms with Gasteiger partial charge in [0.2, 0.25) is 0 Å². The summed E-state index contributed by atoms with van der Waals surface area (Å²) in [6.45, 7) is -0.0833. The van der Waals surface area contributed by atoms with Crippen molar-refractivity contribution in [2.75, 3.05) is 6.61 Å². The van der Waals surface area contributed by atoms with Crippen molar-refractivity contribution in [2.45, 2.75) is 5.38 Å². The molecule has 5 heteroatoms. The van der Waals surface area contributed by atoms with Crippen LogP contribution >= 0.6 is 24.5 Å². The SMILES string of the molecule is O=C(O)C(Cl)COS. The molecule has 3 nitrogen and oxygen atoms in total.